The Balaban J connectivity index is 2.34. The monoisotopic (exact) mass is 291 g/mol. The molecule has 0 radical (unpaired) electrons. The van der Waals surface area contributed by atoms with Crippen LogP contribution in [0.25, 0.3) is 0 Å². The fourth-order valence-electron chi connectivity index (χ4n) is 3.67. The molecule has 0 spiro atoms. The minimum Gasteiger partial charge on any atom is -0.497 e. The van der Waals surface area contributed by atoms with E-state index in [2.05, 4.69) is 58.1 Å². The first-order valence-electron chi connectivity index (χ1n) is 7.86. The molecule has 3 heteroatoms. The van der Waals surface area contributed by atoms with Crippen molar-refractivity contribution in [3.05, 3.63) is 29.8 Å². The van der Waals surface area contributed by atoms with E-state index in [1.54, 1.807) is 7.11 Å². The van der Waals surface area contributed by atoms with E-state index in [9.17, 15) is 0 Å². The highest BCUT2D eigenvalue weighted by atomic mass is 16.5. The molecule has 0 saturated carbocycles. The molecule has 1 aliphatic heterocycles. The minimum absolute atomic E-state index is 0.0687. The SMILES string of the molecule is CCNC(c1cccc(OC)c1)C1CC(C)(C)OC1(C)C. The van der Waals surface area contributed by atoms with Crippen molar-refractivity contribution < 1.29 is 9.47 Å². The van der Waals surface area contributed by atoms with E-state index in [4.69, 9.17) is 9.47 Å². The Morgan fingerprint density at radius 1 is 1.33 bits per heavy atom. The molecule has 1 heterocycles. The number of hydrogen-bond acceptors (Lipinski definition) is 3. The smallest absolute Gasteiger partial charge is 0.119 e. The predicted octanol–water partition coefficient (Wildman–Crippen LogP) is 3.94. The molecule has 1 N–H and O–H groups in total. The molecule has 2 atom stereocenters. The van der Waals surface area contributed by atoms with Gasteiger partial charge in [0.05, 0.1) is 18.3 Å². The van der Waals surface area contributed by atoms with E-state index in [0.717, 1.165) is 18.7 Å². The van der Waals surface area contributed by atoms with Crippen molar-refractivity contribution in [1.82, 2.24) is 5.32 Å². The van der Waals surface area contributed by atoms with Crippen LogP contribution in [0.4, 0.5) is 0 Å². The number of ether oxygens (including phenoxy) is 2. The summed E-state index contributed by atoms with van der Waals surface area (Å²) in [6.07, 6.45) is 1.05. The van der Waals surface area contributed by atoms with E-state index in [0.29, 0.717) is 5.92 Å². The third-order valence-corrected chi connectivity index (χ3v) is 4.42. The summed E-state index contributed by atoms with van der Waals surface area (Å²) in [5.41, 5.74) is 1.07. The Hall–Kier alpha value is -1.06. The molecule has 0 amide bonds. The van der Waals surface area contributed by atoms with Gasteiger partial charge >= 0.3 is 0 Å². The number of methoxy groups -OCH3 is 1. The average molecular weight is 291 g/mol. The Labute approximate surface area is 129 Å². The summed E-state index contributed by atoms with van der Waals surface area (Å²) in [5, 5.41) is 3.65. The van der Waals surface area contributed by atoms with Crippen LogP contribution in [0.1, 0.15) is 52.6 Å². The largest absolute Gasteiger partial charge is 0.497 e. The maximum atomic E-state index is 6.28. The first kappa shape index (κ1) is 16.3. The summed E-state index contributed by atoms with van der Waals surface area (Å²) in [5.74, 6) is 1.34. The molecule has 1 aliphatic rings. The van der Waals surface area contributed by atoms with Crippen LogP contribution in [-0.4, -0.2) is 24.9 Å². The van der Waals surface area contributed by atoms with Crippen LogP contribution in [0.2, 0.25) is 0 Å². The summed E-state index contributed by atoms with van der Waals surface area (Å²) in [7, 11) is 1.72. The zero-order chi connectivity index (χ0) is 15.7. The van der Waals surface area contributed by atoms with Gasteiger partial charge in [0.15, 0.2) is 0 Å². The normalized spacial score (nSPS) is 24.8. The van der Waals surface area contributed by atoms with E-state index in [1.807, 2.05) is 6.07 Å². The summed E-state index contributed by atoms with van der Waals surface area (Å²) in [6.45, 7) is 11.9. The second kappa shape index (κ2) is 5.98. The van der Waals surface area contributed by atoms with Crippen LogP contribution in [0, 0.1) is 5.92 Å². The van der Waals surface area contributed by atoms with Crippen LogP contribution in [-0.2, 0) is 4.74 Å². The van der Waals surface area contributed by atoms with Crippen LogP contribution in [0.15, 0.2) is 24.3 Å². The second-order valence-electron chi connectivity index (χ2n) is 7.09. The molecule has 1 aromatic carbocycles. The van der Waals surface area contributed by atoms with Gasteiger partial charge in [-0.15, -0.1) is 0 Å². The Kier molecular flexibility index (Phi) is 4.64. The molecule has 0 aliphatic carbocycles. The molecule has 21 heavy (non-hydrogen) atoms. The van der Waals surface area contributed by atoms with Gasteiger partial charge in [0.25, 0.3) is 0 Å². The lowest BCUT2D eigenvalue weighted by Gasteiger charge is -2.34. The highest BCUT2D eigenvalue weighted by molar-refractivity contribution is 5.31. The van der Waals surface area contributed by atoms with Crippen molar-refractivity contribution in [2.45, 2.75) is 58.3 Å². The van der Waals surface area contributed by atoms with Gasteiger partial charge < -0.3 is 14.8 Å². The number of rotatable bonds is 5. The van der Waals surface area contributed by atoms with E-state index >= 15 is 0 Å². The van der Waals surface area contributed by atoms with Gasteiger partial charge in [0, 0.05) is 12.0 Å². The van der Waals surface area contributed by atoms with Gasteiger partial charge in [0.1, 0.15) is 5.75 Å². The van der Waals surface area contributed by atoms with Gasteiger partial charge in [-0.1, -0.05) is 19.1 Å². The summed E-state index contributed by atoms with van der Waals surface area (Å²) >= 11 is 0. The van der Waals surface area contributed by atoms with Crippen LogP contribution >= 0.6 is 0 Å². The molecular weight excluding hydrogens is 262 g/mol. The standard InChI is InChI=1S/C18H29NO2/c1-7-19-16(13-9-8-10-14(11-13)20-6)15-12-17(2,3)21-18(15,4)5/h8-11,15-16,19H,7,12H2,1-6H3. The zero-order valence-corrected chi connectivity index (χ0v) is 14.2. The van der Waals surface area contributed by atoms with Crippen molar-refractivity contribution in [3.8, 4) is 5.75 Å². The minimum atomic E-state index is -0.139. The van der Waals surface area contributed by atoms with E-state index in [-0.39, 0.29) is 17.2 Å². The maximum absolute atomic E-state index is 6.28. The Morgan fingerprint density at radius 3 is 2.57 bits per heavy atom. The number of nitrogens with one attached hydrogen (secondary N) is 1. The first-order chi connectivity index (χ1) is 9.79. The zero-order valence-electron chi connectivity index (χ0n) is 14.2. The van der Waals surface area contributed by atoms with Gasteiger partial charge in [0.2, 0.25) is 0 Å². The molecule has 2 rings (SSSR count). The Morgan fingerprint density at radius 2 is 2.05 bits per heavy atom. The lowest BCUT2D eigenvalue weighted by atomic mass is 9.79. The second-order valence-corrected chi connectivity index (χ2v) is 7.09. The lowest BCUT2D eigenvalue weighted by Crippen LogP contribution is -2.38. The third-order valence-electron chi connectivity index (χ3n) is 4.42. The molecule has 0 bridgehead atoms. The third kappa shape index (κ3) is 3.58. The number of benzene rings is 1. The van der Waals surface area contributed by atoms with Crippen molar-refractivity contribution in [2.75, 3.05) is 13.7 Å². The van der Waals surface area contributed by atoms with Crippen molar-refractivity contribution in [3.63, 3.8) is 0 Å². The maximum Gasteiger partial charge on any atom is 0.119 e. The van der Waals surface area contributed by atoms with Gasteiger partial charge in [-0.3, -0.25) is 0 Å². The van der Waals surface area contributed by atoms with Crippen molar-refractivity contribution in [1.29, 1.82) is 0 Å². The fraction of sp³-hybridized carbons (Fsp3) is 0.667. The first-order valence-corrected chi connectivity index (χ1v) is 7.86. The molecule has 0 aromatic heterocycles. The summed E-state index contributed by atoms with van der Waals surface area (Å²) in [6, 6.07) is 8.65. The summed E-state index contributed by atoms with van der Waals surface area (Å²) < 4.78 is 11.7. The van der Waals surface area contributed by atoms with Gasteiger partial charge in [-0.25, -0.2) is 0 Å². The van der Waals surface area contributed by atoms with Crippen LogP contribution < -0.4 is 10.1 Å². The van der Waals surface area contributed by atoms with E-state index < -0.39 is 0 Å². The molecule has 1 fully saturated rings. The number of hydrogen-bond donors (Lipinski definition) is 1. The predicted molar refractivity (Wildman–Crippen MR) is 86.8 cm³/mol. The topological polar surface area (TPSA) is 30.5 Å². The molecule has 3 nitrogen and oxygen atoms in total. The van der Waals surface area contributed by atoms with Gasteiger partial charge in [-0.2, -0.15) is 0 Å². The quantitative estimate of drug-likeness (QED) is 0.891. The molecule has 1 saturated heterocycles. The fourth-order valence-corrected chi connectivity index (χ4v) is 3.67. The summed E-state index contributed by atoms with van der Waals surface area (Å²) in [4.78, 5) is 0. The molecule has 1 aromatic rings. The molecular formula is C18H29NO2. The van der Waals surface area contributed by atoms with Crippen molar-refractivity contribution in [2.24, 2.45) is 5.92 Å². The lowest BCUT2D eigenvalue weighted by molar-refractivity contribution is -0.0778. The van der Waals surface area contributed by atoms with Crippen LogP contribution in [0.5, 0.6) is 5.75 Å². The van der Waals surface area contributed by atoms with Crippen molar-refractivity contribution >= 4 is 0 Å². The highest BCUT2D eigenvalue weighted by Crippen LogP contribution is 2.47. The highest BCUT2D eigenvalue weighted by Gasteiger charge is 2.49. The molecule has 2 unspecified atom stereocenters. The van der Waals surface area contributed by atoms with Gasteiger partial charge in [-0.05, 0) is 58.4 Å². The van der Waals surface area contributed by atoms with Crippen LogP contribution in [0.3, 0.4) is 0 Å². The Bertz CT molecular complexity index is 482. The molecule has 118 valence electrons. The average Bonchev–Trinajstić information content (AvgIpc) is 2.63. The van der Waals surface area contributed by atoms with E-state index in [1.165, 1.54) is 5.56 Å².